The number of fused-ring (bicyclic) bond motifs is 6. The van der Waals surface area contributed by atoms with Crippen molar-refractivity contribution in [1.29, 1.82) is 0 Å². The Morgan fingerprint density at radius 1 is 0.508 bits per heavy atom. The zero-order chi connectivity index (χ0) is 46.2. The Bertz CT molecular complexity index is 2930. The molecule has 0 spiro atoms. The molecule has 65 heavy (non-hydrogen) atoms. The van der Waals surface area contributed by atoms with E-state index in [-0.39, 0.29) is 33.8 Å². The summed E-state index contributed by atoms with van der Waals surface area (Å²) in [7, 11) is 0. The van der Waals surface area contributed by atoms with Gasteiger partial charge in [-0.2, -0.15) is 11.3 Å². The molecule has 2 nitrogen and oxygen atoms in total. The minimum absolute atomic E-state index is 0.0173. The van der Waals surface area contributed by atoms with Gasteiger partial charge in [0.25, 0.3) is 6.71 Å². The second kappa shape index (κ2) is 14.8. The predicted octanol–water partition coefficient (Wildman–Crippen LogP) is 15.7. The van der Waals surface area contributed by atoms with E-state index in [2.05, 4.69) is 245 Å². The molecule has 3 heterocycles. The van der Waals surface area contributed by atoms with Crippen molar-refractivity contribution in [3.8, 4) is 22.3 Å². The quantitative estimate of drug-likeness (QED) is 0.163. The molecule has 0 unspecified atom stereocenters. The lowest BCUT2D eigenvalue weighted by molar-refractivity contribution is 0.339. The van der Waals surface area contributed by atoms with Crippen LogP contribution in [0.3, 0.4) is 0 Å². The Labute approximate surface area is 394 Å². The van der Waals surface area contributed by atoms with Crippen molar-refractivity contribution in [2.24, 2.45) is 0 Å². The third kappa shape index (κ3) is 7.12. The molecule has 0 saturated heterocycles. The molecule has 1 aliphatic carbocycles. The molecule has 0 atom stereocenters. The van der Waals surface area contributed by atoms with Gasteiger partial charge in [0.05, 0.1) is 11.4 Å². The molecule has 10 rings (SSSR count). The highest BCUT2D eigenvalue weighted by Gasteiger charge is 2.51. The van der Waals surface area contributed by atoms with Crippen LogP contribution in [-0.2, 0) is 27.1 Å². The highest BCUT2D eigenvalue weighted by atomic mass is 32.1. The van der Waals surface area contributed by atoms with E-state index in [0.29, 0.717) is 0 Å². The summed E-state index contributed by atoms with van der Waals surface area (Å²) in [5.74, 6) is 0. The second-order valence-electron chi connectivity index (χ2n) is 23.8. The number of aryl methyl sites for hydroxylation is 1. The Morgan fingerprint density at radius 3 is 1.55 bits per heavy atom. The fraction of sp³-hybridized carbons (Fsp3) is 0.344. The first-order valence-corrected chi connectivity index (χ1v) is 24.8. The molecule has 0 amide bonds. The fourth-order valence-electron chi connectivity index (χ4n) is 11.0. The van der Waals surface area contributed by atoms with Gasteiger partial charge in [0.15, 0.2) is 0 Å². The molecule has 6 aromatic carbocycles. The maximum atomic E-state index is 2.71. The highest BCUT2D eigenvalue weighted by Crippen LogP contribution is 2.57. The van der Waals surface area contributed by atoms with E-state index in [1.807, 2.05) is 0 Å². The summed E-state index contributed by atoms with van der Waals surface area (Å²) in [6, 6.07) is 49.3. The predicted molar refractivity (Wildman–Crippen MR) is 285 cm³/mol. The van der Waals surface area contributed by atoms with Crippen LogP contribution < -0.4 is 25.5 Å². The van der Waals surface area contributed by atoms with E-state index < -0.39 is 0 Å². The van der Waals surface area contributed by atoms with Crippen molar-refractivity contribution >= 4 is 67.9 Å². The first-order chi connectivity index (χ1) is 30.5. The van der Waals surface area contributed by atoms with Crippen LogP contribution in [0.4, 0.5) is 34.1 Å². The summed E-state index contributed by atoms with van der Waals surface area (Å²) in [4.78, 5) is 6.96. The van der Waals surface area contributed by atoms with Gasteiger partial charge in [-0.15, -0.1) is 0 Å². The average molecular weight is 871 g/mol. The van der Waals surface area contributed by atoms with Crippen LogP contribution in [-0.4, -0.2) is 6.71 Å². The van der Waals surface area contributed by atoms with E-state index in [1.54, 1.807) is 10.4 Å². The third-order valence-electron chi connectivity index (χ3n) is 14.9. The second-order valence-corrected chi connectivity index (χ2v) is 24.9. The average Bonchev–Trinajstić information content (AvgIpc) is 3.67. The zero-order valence-electron chi connectivity index (χ0n) is 41.4. The highest BCUT2D eigenvalue weighted by molar-refractivity contribution is 7.29. The maximum absolute atomic E-state index is 2.71. The van der Waals surface area contributed by atoms with Crippen LogP contribution >= 0.6 is 11.3 Å². The van der Waals surface area contributed by atoms with E-state index >= 15 is 0 Å². The normalized spacial score (nSPS) is 16.2. The topological polar surface area (TPSA) is 6.48 Å². The maximum Gasteiger partial charge on any atom is 0.264 e. The molecule has 0 radical (unpaired) electrons. The van der Waals surface area contributed by atoms with Crippen LogP contribution in [0.1, 0.15) is 136 Å². The van der Waals surface area contributed by atoms with Crippen LogP contribution in [0.5, 0.6) is 0 Å². The Kier molecular flexibility index (Phi) is 9.95. The molecule has 1 aromatic heterocycles. The summed E-state index contributed by atoms with van der Waals surface area (Å²) >= 11 is 2.11. The first-order valence-electron chi connectivity index (χ1n) is 24.0. The number of nitrogens with zero attached hydrogens (tertiary/aromatic N) is 2. The Balaban J connectivity index is 1.38. The summed E-state index contributed by atoms with van der Waals surface area (Å²) < 4.78 is 1.48. The molecule has 4 heteroatoms. The lowest BCUT2D eigenvalue weighted by atomic mass is 9.35. The molecule has 2 aliphatic heterocycles. The van der Waals surface area contributed by atoms with Crippen molar-refractivity contribution in [3.63, 3.8) is 0 Å². The molecule has 0 saturated carbocycles. The van der Waals surface area contributed by atoms with Crippen molar-refractivity contribution in [2.75, 3.05) is 9.80 Å². The number of rotatable bonds is 4. The Hall–Kier alpha value is -5.32. The third-order valence-corrected chi connectivity index (χ3v) is 16.5. The van der Waals surface area contributed by atoms with Crippen LogP contribution in [0, 0.1) is 6.92 Å². The van der Waals surface area contributed by atoms with E-state index in [1.165, 1.54) is 101 Å². The van der Waals surface area contributed by atoms with Gasteiger partial charge < -0.3 is 9.80 Å². The number of thiophene rings is 1. The van der Waals surface area contributed by atoms with Gasteiger partial charge in [0, 0.05) is 43.5 Å². The minimum Gasteiger partial charge on any atom is -0.310 e. The van der Waals surface area contributed by atoms with E-state index in [4.69, 9.17) is 0 Å². The van der Waals surface area contributed by atoms with Crippen LogP contribution in [0.25, 0.3) is 22.3 Å². The smallest absolute Gasteiger partial charge is 0.264 e. The van der Waals surface area contributed by atoms with Crippen molar-refractivity contribution in [3.05, 3.63) is 160 Å². The number of hydrogen-bond donors (Lipinski definition) is 0. The van der Waals surface area contributed by atoms with E-state index in [0.717, 1.165) is 6.42 Å². The molecule has 3 aliphatic rings. The fourth-order valence-corrected chi connectivity index (χ4v) is 12.7. The van der Waals surface area contributed by atoms with Gasteiger partial charge in [-0.05, 0) is 139 Å². The summed E-state index contributed by atoms with van der Waals surface area (Å²) in [5, 5.41) is 0. The van der Waals surface area contributed by atoms with E-state index in [9.17, 15) is 0 Å². The Morgan fingerprint density at radius 2 is 1.02 bits per heavy atom. The SMILES string of the molecule is Cc1cc2c3c(c1)N(c1c(-c4ccccc4)cc(C(C)(C)C)cc1-c1ccccc1)c1ccc(C(C)(C)C)cc1B3c1sc3c(c1N2c1ccc(C(C)(C)C)cc1)C(C)(C)CCC3(C)C. The number of anilines is 6. The van der Waals surface area contributed by atoms with Gasteiger partial charge in [0.2, 0.25) is 0 Å². The van der Waals surface area contributed by atoms with Crippen molar-refractivity contribution < 1.29 is 0 Å². The largest absolute Gasteiger partial charge is 0.310 e. The molecule has 0 N–H and O–H groups in total. The van der Waals surface area contributed by atoms with Crippen molar-refractivity contribution in [2.45, 2.75) is 137 Å². The molecular formula is C61H67BN2S. The molecule has 0 bridgehead atoms. The molecule has 330 valence electrons. The van der Waals surface area contributed by atoms with Crippen LogP contribution in [0.15, 0.2) is 127 Å². The molecular weight excluding hydrogens is 804 g/mol. The monoisotopic (exact) mass is 871 g/mol. The first kappa shape index (κ1) is 43.6. The van der Waals surface area contributed by atoms with Gasteiger partial charge in [-0.3, -0.25) is 0 Å². The van der Waals surface area contributed by atoms with Gasteiger partial charge in [-0.1, -0.05) is 175 Å². The zero-order valence-corrected chi connectivity index (χ0v) is 42.2. The number of benzene rings is 6. The lowest BCUT2D eigenvalue weighted by Gasteiger charge is -2.46. The summed E-state index contributed by atoms with van der Waals surface area (Å²) in [6.45, 7) is 33.5. The van der Waals surface area contributed by atoms with Gasteiger partial charge in [-0.25, -0.2) is 0 Å². The standard InChI is InChI=1S/C61H67BN2S/c1-38-33-49-52-50(34-38)64(53-45(39-21-17-15-18-22-39)35-43(59(8,9)10)36-46(53)40-23-19-16-20-24-40)48-30-27-42(58(5,6)7)37-47(48)62(52)56-54(51-55(65-56)61(13,14)32-31-60(51,11)12)63(49)44-28-25-41(26-29-44)57(2,3)4/h15-30,33-37H,31-32H2,1-14H3. The van der Waals surface area contributed by atoms with Crippen LogP contribution in [0.2, 0.25) is 0 Å². The van der Waals surface area contributed by atoms with Crippen molar-refractivity contribution in [1.82, 2.24) is 0 Å². The minimum atomic E-state index is -0.0696. The number of hydrogen-bond acceptors (Lipinski definition) is 3. The summed E-state index contributed by atoms with van der Waals surface area (Å²) in [5.41, 5.74) is 22.3. The van der Waals surface area contributed by atoms with Gasteiger partial charge in [0.1, 0.15) is 0 Å². The molecule has 7 aromatic rings. The molecule has 0 fully saturated rings. The van der Waals surface area contributed by atoms with Gasteiger partial charge >= 0.3 is 0 Å². The summed E-state index contributed by atoms with van der Waals surface area (Å²) in [6.07, 6.45) is 2.35. The lowest BCUT2D eigenvalue weighted by Crippen LogP contribution is -2.61.